The van der Waals surface area contributed by atoms with Crippen LogP contribution in [0.4, 0.5) is 5.82 Å². The third kappa shape index (κ3) is 3.13. The van der Waals surface area contributed by atoms with E-state index >= 15 is 0 Å². The summed E-state index contributed by atoms with van der Waals surface area (Å²) in [7, 11) is 1.94. The van der Waals surface area contributed by atoms with Crippen LogP contribution in [0.5, 0.6) is 0 Å². The Balaban J connectivity index is 2.08. The normalized spacial score (nSPS) is 10.4. The van der Waals surface area contributed by atoms with E-state index in [1.807, 2.05) is 30.1 Å². The topological polar surface area (TPSA) is 65.1 Å². The Labute approximate surface area is 112 Å². The number of likely N-dealkylation sites (N-methyl/N-ethyl adjacent to an activating group) is 1. The standard InChI is InChI=1S/C14H18N4O/c1-11-10-13(16-14(15)18(11)19)17(2)9-8-12-6-4-3-5-7-12/h3-7,10,15,19H,8-9H2,1-2H3. The van der Waals surface area contributed by atoms with E-state index in [4.69, 9.17) is 5.41 Å². The van der Waals surface area contributed by atoms with Gasteiger partial charge in [0.05, 0.1) is 5.69 Å². The van der Waals surface area contributed by atoms with Crippen molar-refractivity contribution in [3.63, 3.8) is 0 Å². The number of anilines is 1. The Hall–Kier alpha value is -2.30. The van der Waals surface area contributed by atoms with Gasteiger partial charge in [-0.1, -0.05) is 30.3 Å². The quantitative estimate of drug-likeness (QED) is 0.818. The lowest BCUT2D eigenvalue weighted by atomic mass is 10.1. The van der Waals surface area contributed by atoms with Gasteiger partial charge in [0.1, 0.15) is 5.82 Å². The van der Waals surface area contributed by atoms with Gasteiger partial charge in [0, 0.05) is 19.7 Å². The van der Waals surface area contributed by atoms with Gasteiger partial charge in [0.25, 0.3) is 5.62 Å². The monoisotopic (exact) mass is 258 g/mol. The van der Waals surface area contributed by atoms with Crippen molar-refractivity contribution in [1.82, 2.24) is 9.71 Å². The number of benzene rings is 1. The van der Waals surface area contributed by atoms with Gasteiger partial charge >= 0.3 is 0 Å². The minimum atomic E-state index is -0.151. The SMILES string of the molecule is Cc1cc(N(C)CCc2ccccc2)nc(=N)n1O. The van der Waals surface area contributed by atoms with E-state index in [0.29, 0.717) is 11.5 Å². The fourth-order valence-electron chi connectivity index (χ4n) is 1.85. The highest BCUT2D eigenvalue weighted by Gasteiger charge is 2.06. The second-order valence-corrected chi connectivity index (χ2v) is 4.55. The third-order valence-electron chi connectivity index (χ3n) is 3.06. The van der Waals surface area contributed by atoms with E-state index < -0.39 is 0 Å². The Morgan fingerprint density at radius 3 is 2.63 bits per heavy atom. The van der Waals surface area contributed by atoms with Crippen LogP contribution in [-0.2, 0) is 6.42 Å². The van der Waals surface area contributed by atoms with Gasteiger partial charge in [0.15, 0.2) is 0 Å². The third-order valence-corrected chi connectivity index (χ3v) is 3.06. The maximum absolute atomic E-state index is 9.47. The summed E-state index contributed by atoms with van der Waals surface area (Å²) in [5.74, 6) is 0.698. The van der Waals surface area contributed by atoms with Crippen LogP contribution in [0.15, 0.2) is 36.4 Å². The van der Waals surface area contributed by atoms with Crippen LogP contribution in [0, 0.1) is 12.3 Å². The molecule has 0 radical (unpaired) electrons. The van der Waals surface area contributed by atoms with Crippen molar-refractivity contribution in [2.45, 2.75) is 13.3 Å². The van der Waals surface area contributed by atoms with E-state index in [-0.39, 0.29) is 5.62 Å². The molecule has 0 bridgehead atoms. The average molecular weight is 258 g/mol. The minimum Gasteiger partial charge on any atom is -0.425 e. The highest BCUT2D eigenvalue weighted by Crippen LogP contribution is 2.09. The van der Waals surface area contributed by atoms with Crippen LogP contribution in [-0.4, -0.2) is 28.5 Å². The molecule has 5 heteroatoms. The fraction of sp³-hybridized carbons (Fsp3) is 0.286. The molecule has 2 N–H and O–H groups in total. The summed E-state index contributed by atoms with van der Waals surface area (Å²) < 4.78 is 0.772. The number of rotatable bonds is 4. The van der Waals surface area contributed by atoms with Crippen LogP contribution in [0.3, 0.4) is 0 Å². The van der Waals surface area contributed by atoms with E-state index in [1.165, 1.54) is 5.56 Å². The van der Waals surface area contributed by atoms with Crippen LogP contribution < -0.4 is 10.5 Å². The number of aromatic nitrogens is 2. The van der Waals surface area contributed by atoms with Gasteiger partial charge in [-0.05, 0) is 18.9 Å². The molecule has 0 aliphatic rings. The highest BCUT2D eigenvalue weighted by molar-refractivity contribution is 5.37. The molecule has 0 fully saturated rings. The van der Waals surface area contributed by atoms with E-state index in [2.05, 4.69) is 17.1 Å². The summed E-state index contributed by atoms with van der Waals surface area (Å²) in [5, 5.41) is 17.0. The predicted octanol–water partition coefficient (Wildman–Crippen LogP) is 1.59. The lowest BCUT2D eigenvalue weighted by Crippen LogP contribution is -2.29. The van der Waals surface area contributed by atoms with Crippen molar-refractivity contribution in [3.8, 4) is 0 Å². The summed E-state index contributed by atoms with van der Waals surface area (Å²) in [6, 6.07) is 12.0. The average Bonchev–Trinajstić information content (AvgIpc) is 2.42. The van der Waals surface area contributed by atoms with E-state index in [9.17, 15) is 5.21 Å². The first kappa shape index (κ1) is 13.1. The molecule has 0 spiro atoms. The molecular weight excluding hydrogens is 240 g/mol. The van der Waals surface area contributed by atoms with Gasteiger partial charge in [-0.3, -0.25) is 5.41 Å². The van der Waals surface area contributed by atoms with Gasteiger partial charge in [-0.2, -0.15) is 9.71 Å². The first-order chi connectivity index (χ1) is 9.08. The molecule has 0 atom stereocenters. The lowest BCUT2D eigenvalue weighted by Gasteiger charge is -2.19. The number of nitrogens with one attached hydrogen (secondary N) is 1. The fourth-order valence-corrected chi connectivity index (χ4v) is 1.85. The molecule has 0 saturated heterocycles. The summed E-state index contributed by atoms with van der Waals surface area (Å²) in [4.78, 5) is 6.04. The number of nitrogens with zero attached hydrogens (tertiary/aromatic N) is 3. The van der Waals surface area contributed by atoms with E-state index in [1.54, 1.807) is 13.0 Å². The molecule has 0 aliphatic heterocycles. The molecule has 0 saturated carbocycles. The van der Waals surface area contributed by atoms with Crippen LogP contribution in [0.25, 0.3) is 0 Å². The van der Waals surface area contributed by atoms with E-state index in [0.717, 1.165) is 17.7 Å². The van der Waals surface area contributed by atoms with Crippen LogP contribution in [0.1, 0.15) is 11.3 Å². The van der Waals surface area contributed by atoms with Crippen LogP contribution in [0.2, 0.25) is 0 Å². The molecule has 0 aliphatic carbocycles. The molecule has 0 unspecified atom stereocenters. The molecule has 1 aromatic carbocycles. The molecule has 100 valence electrons. The molecule has 5 nitrogen and oxygen atoms in total. The molecule has 1 heterocycles. The second-order valence-electron chi connectivity index (χ2n) is 4.55. The summed E-state index contributed by atoms with van der Waals surface area (Å²) in [6.45, 7) is 2.56. The number of hydrogen-bond donors (Lipinski definition) is 2. The largest absolute Gasteiger partial charge is 0.425 e. The zero-order valence-electron chi connectivity index (χ0n) is 11.2. The smallest absolute Gasteiger partial charge is 0.257 e. The highest BCUT2D eigenvalue weighted by atomic mass is 16.5. The Morgan fingerprint density at radius 1 is 1.32 bits per heavy atom. The van der Waals surface area contributed by atoms with Gasteiger partial charge in [0.2, 0.25) is 0 Å². The second kappa shape index (κ2) is 5.56. The van der Waals surface area contributed by atoms with Crippen molar-refractivity contribution in [1.29, 1.82) is 5.41 Å². The number of aryl methyl sites for hydroxylation is 1. The Morgan fingerprint density at radius 2 is 2.00 bits per heavy atom. The summed E-state index contributed by atoms with van der Waals surface area (Å²) in [5.41, 5.74) is 1.72. The molecule has 1 aromatic heterocycles. The van der Waals surface area contributed by atoms with Gasteiger partial charge in [-0.15, -0.1) is 0 Å². The van der Waals surface area contributed by atoms with Crippen LogP contribution >= 0.6 is 0 Å². The maximum Gasteiger partial charge on any atom is 0.257 e. The Kier molecular flexibility index (Phi) is 3.85. The van der Waals surface area contributed by atoms with Crippen molar-refractivity contribution in [2.24, 2.45) is 0 Å². The summed E-state index contributed by atoms with van der Waals surface area (Å²) in [6.07, 6.45) is 0.916. The van der Waals surface area contributed by atoms with Crippen molar-refractivity contribution in [2.75, 3.05) is 18.5 Å². The molecule has 2 aromatic rings. The molecule has 0 amide bonds. The van der Waals surface area contributed by atoms with Crippen molar-refractivity contribution < 1.29 is 5.21 Å². The minimum absolute atomic E-state index is 0.151. The van der Waals surface area contributed by atoms with Gasteiger partial charge < -0.3 is 10.1 Å². The van der Waals surface area contributed by atoms with Crippen molar-refractivity contribution >= 4 is 5.82 Å². The zero-order chi connectivity index (χ0) is 13.8. The lowest BCUT2D eigenvalue weighted by molar-refractivity contribution is 0.158. The van der Waals surface area contributed by atoms with Gasteiger partial charge in [-0.25, -0.2) is 0 Å². The molecule has 2 rings (SSSR count). The Bertz CT molecular complexity index is 607. The number of hydrogen-bond acceptors (Lipinski definition) is 4. The first-order valence-corrected chi connectivity index (χ1v) is 6.17. The molecular formula is C14H18N4O. The maximum atomic E-state index is 9.47. The summed E-state index contributed by atoms with van der Waals surface area (Å²) >= 11 is 0. The van der Waals surface area contributed by atoms with Crippen molar-refractivity contribution in [3.05, 3.63) is 53.3 Å². The first-order valence-electron chi connectivity index (χ1n) is 6.17. The zero-order valence-corrected chi connectivity index (χ0v) is 11.2. The molecule has 19 heavy (non-hydrogen) atoms. The predicted molar refractivity (Wildman–Crippen MR) is 73.4 cm³/mol.